The lowest BCUT2D eigenvalue weighted by Crippen LogP contribution is -2.23. The Bertz CT molecular complexity index is 439. The van der Waals surface area contributed by atoms with E-state index in [1.807, 2.05) is 0 Å². The van der Waals surface area contributed by atoms with Crippen molar-refractivity contribution in [3.05, 3.63) is 28.2 Å². The second-order valence-corrected chi connectivity index (χ2v) is 7.63. The number of halogens is 1. The van der Waals surface area contributed by atoms with Crippen molar-refractivity contribution in [3.63, 3.8) is 0 Å². The molecule has 3 heteroatoms. The van der Waals surface area contributed by atoms with Crippen molar-refractivity contribution in [1.29, 1.82) is 0 Å². The summed E-state index contributed by atoms with van der Waals surface area (Å²) >= 11 is 3.64. The van der Waals surface area contributed by atoms with Crippen LogP contribution in [0.3, 0.4) is 0 Å². The van der Waals surface area contributed by atoms with E-state index < -0.39 is 0 Å². The van der Waals surface area contributed by atoms with Crippen LogP contribution >= 0.6 is 15.9 Å². The van der Waals surface area contributed by atoms with Gasteiger partial charge in [-0.1, -0.05) is 36.7 Å². The van der Waals surface area contributed by atoms with Gasteiger partial charge in [0.2, 0.25) is 0 Å². The molecule has 0 aliphatic heterocycles. The van der Waals surface area contributed by atoms with E-state index in [-0.39, 0.29) is 0 Å². The maximum absolute atomic E-state index is 6.18. The number of ether oxygens (including phenoxy) is 1. The highest BCUT2D eigenvalue weighted by molar-refractivity contribution is 9.10. The van der Waals surface area contributed by atoms with E-state index in [0.717, 1.165) is 29.2 Å². The Morgan fingerprint density at radius 2 is 1.95 bits per heavy atom. The van der Waals surface area contributed by atoms with Gasteiger partial charge < -0.3 is 10.1 Å². The fourth-order valence-corrected chi connectivity index (χ4v) is 3.18. The van der Waals surface area contributed by atoms with E-state index in [4.69, 9.17) is 4.74 Å². The van der Waals surface area contributed by atoms with Crippen molar-refractivity contribution in [3.8, 4) is 5.75 Å². The topological polar surface area (TPSA) is 21.3 Å². The predicted molar refractivity (Wildman–Crippen MR) is 92.7 cm³/mol. The van der Waals surface area contributed by atoms with E-state index in [1.54, 1.807) is 0 Å². The average Bonchev–Trinajstić information content (AvgIpc) is 2.44. The predicted octanol–water partition coefficient (Wildman–Crippen LogP) is 5.15. The molecule has 0 aromatic heterocycles. The fourth-order valence-electron chi connectivity index (χ4n) is 2.80. The summed E-state index contributed by atoms with van der Waals surface area (Å²) in [5.74, 6) is 2.55. The molecule has 0 spiro atoms. The van der Waals surface area contributed by atoms with Crippen LogP contribution in [-0.4, -0.2) is 12.6 Å². The number of benzene rings is 1. The maximum Gasteiger partial charge on any atom is 0.120 e. The van der Waals surface area contributed by atoms with Gasteiger partial charge in [0.05, 0.1) is 6.10 Å². The zero-order valence-electron chi connectivity index (χ0n) is 13.5. The van der Waals surface area contributed by atoms with Gasteiger partial charge in [0.15, 0.2) is 0 Å². The fraction of sp³-hybridized carbons (Fsp3) is 0.667. The zero-order valence-corrected chi connectivity index (χ0v) is 15.1. The van der Waals surface area contributed by atoms with Crippen molar-refractivity contribution in [2.24, 2.45) is 11.8 Å². The molecule has 0 radical (unpaired) electrons. The third-order valence-electron chi connectivity index (χ3n) is 4.15. The van der Waals surface area contributed by atoms with Gasteiger partial charge in [0, 0.05) is 11.0 Å². The maximum atomic E-state index is 6.18. The van der Waals surface area contributed by atoms with Gasteiger partial charge in [-0.05, 0) is 67.8 Å². The van der Waals surface area contributed by atoms with Crippen molar-refractivity contribution in [1.82, 2.24) is 5.32 Å². The number of nitrogens with one attached hydrogen (secondary N) is 1. The SMILES string of the molecule is CC(C)CNCc1cc(OC2CCC(C)CC2)ccc1Br. The highest BCUT2D eigenvalue weighted by Crippen LogP contribution is 2.29. The molecule has 1 aliphatic carbocycles. The molecule has 0 unspecified atom stereocenters. The van der Waals surface area contributed by atoms with Crippen molar-refractivity contribution < 1.29 is 4.74 Å². The molecule has 0 saturated heterocycles. The van der Waals surface area contributed by atoms with Gasteiger partial charge in [-0.15, -0.1) is 0 Å². The first-order chi connectivity index (χ1) is 10.0. The average molecular weight is 354 g/mol. The van der Waals surface area contributed by atoms with Crippen LogP contribution < -0.4 is 10.1 Å². The number of hydrogen-bond donors (Lipinski definition) is 1. The number of hydrogen-bond acceptors (Lipinski definition) is 2. The smallest absolute Gasteiger partial charge is 0.120 e. The Morgan fingerprint density at radius 1 is 1.24 bits per heavy atom. The van der Waals surface area contributed by atoms with Crippen LogP contribution in [0.15, 0.2) is 22.7 Å². The first-order valence-corrected chi connectivity index (χ1v) is 8.99. The van der Waals surface area contributed by atoms with Gasteiger partial charge in [-0.2, -0.15) is 0 Å². The molecular formula is C18H28BrNO. The standard InChI is InChI=1S/C18H28BrNO/c1-13(2)11-20-12-15-10-17(8-9-18(15)19)21-16-6-4-14(3)5-7-16/h8-10,13-14,16,20H,4-7,11-12H2,1-3H3. The second-order valence-electron chi connectivity index (χ2n) is 6.78. The molecule has 0 amide bonds. The molecule has 2 nitrogen and oxygen atoms in total. The first-order valence-electron chi connectivity index (χ1n) is 8.20. The molecule has 1 fully saturated rings. The molecule has 0 heterocycles. The van der Waals surface area contributed by atoms with E-state index in [0.29, 0.717) is 12.0 Å². The van der Waals surface area contributed by atoms with Crippen molar-refractivity contribution >= 4 is 15.9 Å². The highest BCUT2D eigenvalue weighted by Gasteiger charge is 2.19. The van der Waals surface area contributed by atoms with Gasteiger partial charge in [-0.3, -0.25) is 0 Å². The summed E-state index contributed by atoms with van der Waals surface area (Å²) in [6.07, 6.45) is 5.38. The van der Waals surface area contributed by atoms with Gasteiger partial charge in [0.25, 0.3) is 0 Å². The quantitative estimate of drug-likeness (QED) is 0.763. The highest BCUT2D eigenvalue weighted by atomic mass is 79.9. The summed E-state index contributed by atoms with van der Waals surface area (Å²) in [5.41, 5.74) is 1.28. The third-order valence-corrected chi connectivity index (χ3v) is 4.92. The van der Waals surface area contributed by atoms with E-state index in [2.05, 4.69) is 60.2 Å². The van der Waals surface area contributed by atoms with Gasteiger partial charge in [-0.25, -0.2) is 0 Å². The summed E-state index contributed by atoms with van der Waals surface area (Å²) in [5, 5.41) is 3.49. The second kappa shape index (κ2) is 8.19. The minimum Gasteiger partial charge on any atom is -0.490 e. The third kappa shape index (κ3) is 5.63. The summed E-state index contributed by atoms with van der Waals surface area (Å²) < 4.78 is 7.33. The molecule has 0 atom stereocenters. The van der Waals surface area contributed by atoms with Crippen LogP contribution in [0.4, 0.5) is 0 Å². The van der Waals surface area contributed by atoms with Crippen LogP contribution in [0.25, 0.3) is 0 Å². The van der Waals surface area contributed by atoms with Crippen LogP contribution in [0.5, 0.6) is 5.75 Å². The normalized spacial score (nSPS) is 22.5. The molecule has 21 heavy (non-hydrogen) atoms. The van der Waals surface area contributed by atoms with Crippen LogP contribution in [-0.2, 0) is 6.54 Å². The molecule has 1 saturated carbocycles. The minimum absolute atomic E-state index is 0.402. The molecule has 2 rings (SSSR count). The summed E-state index contributed by atoms with van der Waals surface area (Å²) in [4.78, 5) is 0. The van der Waals surface area contributed by atoms with E-state index in [1.165, 1.54) is 31.2 Å². The van der Waals surface area contributed by atoms with Crippen LogP contribution in [0.2, 0.25) is 0 Å². The lowest BCUT2D eigenvalue weighted by Gasteiger charge is -2.27. The molecule has 1 aliphatic rings. The summed E-state index contributed by atoms with van der Waals surface area (Å²) in [6.45, 7) is 8.72. The molecule has 118 valence electrons. The summed E-state index contributed by atoms with van der Waals surface area (Å²) in [6, 6.07) is 6.36. The Hall–Kier alpha value is -0.540. The Balaban J connectivity index is 1.91. The van der Waals surface area contributed by atoms with Crippen LogP contribution in [0, 0.1) is 11.8 Å². The van der Waals surface area contributed by atoms with E-state index in [9.17, 15) is 0 Å². The minimum atomic E-state index is 0.402. The van der Waals surface area contributed by atoms with Crippen LogP contribution in [0.1, 0.15) is 52.0 Å². The largest absolute Gasteiger partial charge is 0.490 e. The van der Waals surface area contributed by atoms with E-state index >= 15 is 0 Å². The van der Waals surface area contributed by atoms with Gasteiger partial charge in [0.1, 0.15) is 5.75 Å². The molecular weight excluding hydrogens is 326 g/mol. The Kier molecular flexibility index (Phi) is 6.56. The zero-order chi connectivity index (χ0) is 15.2. The lowest BCUT2D eigenvalue weighted by atomic mass is 9.89. The lowest BCUT2D eigenvalue weighted by molar-refractivity contribution is 0.135. The van der Waals surface area contributed by atoms with Crippen molar-refractivity contribution in [2.75, 3.05) is 6.54 Å². The first kappa shape index (κ1) is 16.8. The Morgan fingerprint density at radius 3 is 2.62 bits per heavy atom. The monoisotopic (exact) mass is 353 g/mol. The number of rotatable bonds is 6. The molecule has 1 N–H and O–H groups in total. The van der Waals surface area contributed by atoms with Crippen molar-refractivity contribution in [2.45, 2.75) is 59.1 Å². The Labute approximate surface area is 137 Å². The summed E-state index contributed by atoms with van der Waals surface area (Å²) in [7, 11) is 0. The van der Waals surface area contributed by atoms with Gasteiger partial charge >= 0.3 is 0 Å². The molecule has 0 bridgehead atoms. The molecule has 1 aromatic rings. The molecule has 1 aromatic carbocycles.